The molecule has 0 radical (unpaired) electrons. The highest BCUT2D eigenvalue weighted by molar-refractivity contribution is 7.33. The highest BCUT2D eigenvalue weighted by Crippen LogP contribution is 2.53. The fourth-order valence-corrected chi connectivity index (χ4v) is 11.6. The molecule has 0 amide bonds. The van der Waals surface area contributed by atoms with E-state index in [-0.39, 0.29) is 28.4 Å². The number of anilines is 6. The zero-order valence-electron chi connectivity index (χ0n) is 36.8. The molecule has 2 aliphatic heterocycles. The molecule has 1 aliphatic carbocycles. The average Bonchev–Trinajstić information content (AvgIpc) is 3.57. The number of hydrogen-bond acceptors (Lipinski definition) is 3. The maximum Gasteiger partial charge on any atom is 0.264 e. The van der Waals surface area contributed by atoms with Gasteiger partial charge in [0, 0.05) is 43.2 Å². The minimum Gasteiger partial charge on any atom is -0.311 e. The van der Waals surface area contributed by atoms with E-state index in [4.69, 9.17) is 0 Å². The van der Waals surface area contributed by atoms with Crippen molar-refractivity contribution < 1.29 is 0 Å². The van der Waals surface area contributed by atoms with Gasteiger partial charge in [0.1, 0.15) is 0 Å². The van der Waals surface area contributed by atoms with Crippen molar-refractivity contribution in [3.8, 4) is 11.1 Å². The quantitative estimate of drug-likeness (QED) is 0.165. The van der Waals surface area contributed by atoms with Crippen LogP contribution in [-0.4, -0.2) is 6.71 Å². The molecule has 1 aromatic heterocycles. The molecule has 0 bridgehead atoms. The molecule has 4 heteroatoms. The fourth-order valence-electron chi connectivity index (χ4n) is 10.3. The Kier molecular flexibility index (Phi) is 8.39. The molecule has 296 valence electrons. The molecule has 0 N–H and O–H groups in total. The summed E-state index contributed by atoms with van der Waals surface area (Å²) in [7, 11) is 0. The van der Waals surface area contributed by atoms with Gasteiger partial charge in [-0.3, -0.25) is 0 Å². The summed E-state index contributed by atoms with van der Waals surface area (Å²) in [6.45, 7) is 26.2. The van der Waals surface area contributed by atoms with Crippen LogP contribution in [0.3, 0.4) is 0 Å². The van der Waals surface area contributed by atoms with Gasteiger partial charge in [-0.1, -0.05) is 142 Å². The van der Waals surface area contributed by atoms with E-state index in [1.54, 1.807) is 0 Å². The number of hydrogen-bond donors (Lipinski definition) is 0. The smallest absolute Gasteiger partial charge is 0.264 e. The first-order valence-electron chi connectivity index (χ1n) is 21.7. The van der Waals surface area contributed by atoms with Crippen molar-refractivity contribution >= 4 is 78.0 Å². The van der Waals surface area contributed by atoms with Crippen molar-refractivity contribution in [3.05, 3.63) is 149 Å². The van der Waals surface area contributed by atoms with E-state index < -0.39 is 0 Å². The fraction of sp³-hybridized carbons (Fsp3) is 0.309. The van der Waals surface area contributed by atoms with Crippen LogP contribution in [0.2, 0.25) is 0 Å². The molecule has 0 saturated carbocycles. The second kappa shape index (κ2) is 13.0. The van der Waals surface area contributed by atoms with Gasteiger partial charge in [0.15, 0.2) is 0 Å². The summed E-state index contributed by atoms with van der Waals surface area (Å²) < 4.78 is 2.79. The third kappa shape index (κ3) is 5.95. The maximum atomic E-state index is 2.67. The Morgan fingerprint density at radius 3 is 1.83 bits per heavy atom. The molecule has 6 aromatic carbocycles. The minimum atomic E-state index is 0.0278. The lowest BCUT2D eigenvalue weighted by Gasteiger charge is -2.47. The Hall–Kier alpha value is -5.06. The van der Waals surface area contributed by atoms with Gasteiger partial charge in [0.05, 0.1) is 11.4 Å². The van der Waals surface area contributed by atoms with Gasteiger partial charge in [-0.05, 0) is 134 Å². The van der Waals surface area contributed by atoms with Crippen LogP contribution in [0.25, 0.3) is 21.2 Å². The van der Waals surface area contributed by atoms with Crippen LogP contribution in [0.15, 0.2) is 121 Å². The average molecular weight is 789 g/mol. The van der Waals surface area contributed by atoms with E-state index in [2.05, 4.69) is 207 Å². The van der Waals surface area contributed by atoms with Crippen LogP contribution in [-0.2, 0) is 21.7 Å². The molecule has 0 atom stereocenters. The Bertz CT molecular complexity index is 2810. The summed E-state index contributed by atoms with van der Waals surface area (Å²) in [5.74, 6) is 0. The van der Waals surface area contributed by atoms with Gasteiger partial charge in [-0.2, -0.15) is 0 Å². The van der Waals surface area contributed by atoms with Crippen LogP contribution >= 0.6 is 11.3 Å². The van der Waals surface area contributed by atoms with Crippen molar-refractivity contribution in [2.45, 2.75) is 111 Å². The van der Waals surface area contributed by atoms with E-state index in [0.29, 0.717) is 0 Å². The highest BCUT2D eigenvalue weighted by atomic mass is 32.1. The summed E-state index contributed by atoms with van der Waals surface area (Å²) >= 11 is 2.01. The summed E-state index contributed by atoms with van der Waals surface area (Å²) in [5.41, 5.74) is 20.2. The van der Waals surface area contributed by atoms with Gasteiger partial charge in [-0.25, -0.2) is 0 Å². The van der Waals surface area contributed by atoms with Crippen molar-refractivity contribution in [1.82, 2.24) is 0 Å². The normalized spacial score (nSPS) is 16.4. The first-order chi connectivity index (χ1) is 27.9. The number of para-hydroxylation sites is 1. The van der Waals surface area contributed by atoms with Crippen LogP contribution in [0.1, 0.15) is 110 Å². The molecule has 3 heterocycles. The van der Waals surface area contributed by atoms with E-state index in [9.17, 15) is 0 Å². The molecule has 0 spiro atoms. The van der Waals surface area contributed by atoms with Crippen LogP contribution in [0.4, 0.5) is 34.1 Å². The van der Waals surface area contributed by atoms with Gasteiger partial charge in [0.2, 0.25) is 0 Å². The molecule has 0 saturated heterocycles. The number of benzene rings is 6. The maximum absolute atomic E-state index is 2.67. The Balaban J connectivity index is 1.35. The Labute approximate surface area is 357 Å². The lowest BCUT2D eigenvalue weighted by molar-refractivity contribution is 0.332. The van der Waals surface area contributed by atoms with Crippen LogP contribution in [0.5, 0.6) is 0 Å². The topological polar surface area (TPSA) is 6.48 Å². The van der Waals surface area contributed by atoms with Gasteiger partial charge >= 0.3 is 0 Å². The summed E-state index contributed by atoms with van der Waals surface area (Å²) in [4.78, 5) is 5.28. The monoisotopic (exact) mass is 788 g/mol. The minimum absolute atomic E-state index is 0.0278. The molecule has 0 unspecified atom stereocenters. The first kappa shape index (κ1) is 38.2. The summed E-state index contributed by atoms with van der Waals surface area (Å²) in [6, 6.07) is 47.0. The third-order valence-electron chi connectivity index (χ3n) is 13.9. The predicted molar refractivity (Wildman–Crippen MR) is 259 cm³/mol. The van der Waals surface area contributed by atoms with Crippen molar-refractivity contribution in [2.24, 2.45) is 0 Å². The second-order valence-corrected chi connectivity index (χ2v) is 22.1. The number of thiophene rings is 1. The number of nitrogens with zero attached hydrogens (tertiary/aromatic N) is 2. The number of rotatable bonds is 3. The molecule has 10 rings (SSSR count). The highest BCUT2D eigenvalue weighted by Gasteiger charge is 2.48. The molecular formula is C55H57BN2S. The number of fused-ring (bicyclic) bond motifs is 7. The number of aryl methyl sites for hydroxylation is 1. The SMILES string of the molecule is Cc1cc2c3c(c1)N(c1ccc(C(C)(C)C)cc1)c1c(sc4ccc(C(C)(C)C)cc14)B3c1cc3c(cc1N2c1ccccc1-c1ccccc1)C(C)(C)CCC3(C)C. The van der Waals surface area contributed by atoms with E-state index in [1.165, 1.54) is 112 Å². The van der Waals surface area contributed by atoms with E-state index in [0.717, 1.165) is 0 Å². The Morgan fingerprint density at radius 2 is 1.17 bits per heavy atom. The second-order valence-electron chi connectivity index (χ2n) is 21.0. The lowest BCUT2D eigenvalue weighted by Crippen LogP contribution is -2.61. The van der Waals surface area contributed by atoms with Crippen LogP contribution in [0, 0.1) is 6.92 Å². The standard InChI is InChI=1S/C55H57BN2S/c1-34-29-46-49-47(30-34)58(44-20-16-15-19-39(44)35-17-13-12-14-18-35)45-33-42-41(54(8,9)27-28-55(42,10)11)32-43(45)56(49)51-50(40-31-37(53(5,6)7)23-26-48(40)59-51)57(46)38-24-21-36(22-25-38)52(2,3)4/h12-26,29-33H,27-28H2,1-11H3. The first-order valence-corrected chi connectivity index (χ1v) is 22.5. The zero-order chi connectivity index (χ0) is 41.4. The van der Waals surface area contributed by atoms with Crippen LogP contribution < -0.4 is 25.5 Å². The molecule has 2 nitrogen and oxygen atoms in total. The molecule has 7 aromatic rings. The molecule has 3 aliphatic rings. The van der Waals surface area contributed by atoms with Gasteiger partial charge < -0.3 is 9.80 Å². The molecule has 0 fully saturated rings. The largest absolute Gasteiger partial charge is 0.311 e. The zero-order valence-corrected chi connectivity index (χ0v) is 37.7. The Morgan fingerprint density at radius 1 is 0.576 bits per heavy atom. The van der Waals surface area contributed by atoms with Crippen molar-refractivity contribution in [3.63, 3.8) is 0 Å². The lowest BCUT2D eigenvalue weighted by atomic mass is 9.35. The molecular weight excluding hydrogens is 731 g/mol. The third-order valence-corrected chi connectivity index (χ3v) is 15.1. The van der Waals surface area contributed by atoms with E-state index in [1.807, 2.05) is 11.3 Å². The summed E-state index contributed by atoms with van der Waals surface area (Å²) in [6.07, 6.45) is 2.36. The van der Waals surface area contributed by atoms with Gasteiger partial charge in [0.25, 0.3) is 6.71 Å². The predicted octanol–water partition coefficient (Wildman–Crippen LogP) is 13.9. The van der Waals surface area contributed by atoms with Gasteiger partial charge in [-0.15, -0.1) is 11.3 Å². The summed E-state index contributed by atoms with van der Waals surface area (Å²) in [5, 5.41) is 1.35. The van der Waals surface area contributed by atoms with Crippen molar-refractivity contribution in [1.29, 1.82) is 0 Å². The molecule has 59 heavy (non-hydrogen) atoms. The van der Waals surface area contributed by atoms with E-state index >= 15 is 0 Å². The van der Waals surface area contributed by atoms with Crippen molar-refractivity contribution in [2.75, 3.05) is 9.80 Å².